The van der Waals surface area contributed by atoms with Crippen LogP contribution in [0.2, 0.25) is 0 Å². The maximum atomic E-state index is 11.9. The molecule has 1 aliphatic heterocycles. The van der Waals surface area contributed by atoms with Crippen molar-refractivity contribution in [2.75, 3.05) is 19.6 Å². The van der Waals surface area contributed by atoms with Gasteiger partial charge in [-0.15, -0.1) is 0 Å². The van der Waals surface area contributed by atoms with Crippen molar-refractivity contribution in [2.24, 2.45) is 0 Å². The Hall–Kier alpha value is -1.88. The molecule has 2 N–H and O–H groups in total. The molecule has 1 saturated heterocycles. The molecular formula is C17H25N3O2. The fourth-order valence-electron chi connectivity index (χ4n) is 2.92. The zero-order valence-corrected chi connectivity index (χ0v) is 13.3. The number of hydrogen-bond acceptors (Lipinski definition) is 3. The zero-order valence-electron chi connectivity index (χ0n) is 13.3. The second-order valence-corrected chi connectivity index (χ2v) is 5.74. The van der Waals surface area contributed by atoms with E-state index in [1.807, 2.05) is 37.3 Å². The molecule has 0 aliphatic carbocycles. The third-order valence-corrected chi connectivity index (χ3v) is 4.26. The van der Waals surface area contributed by atoms with Gasteiger partial charge >= 0.3 is 11.8 Å². The van der Waals surface area contributed by atoms with E-state index in [1.165, 1.54) is 0 Å². The summed E-state index contributed by atoms with van der Waals surface area (Å²) in [5.74, 6) is -1.12. The molecule has 0 spiro atoms. The van der Waals surface area contributed by atoms with E-state index in [1.54, 1.807) is 0 Å². The van der Waals surface area contributed by atoms with Gasteiger partial charge in [-0.2, -0.15) is 0 Å². The average molecular weight is 303 g/mol. The second-order valence-electron chi connectivity index (χ2n) is 5.74. The lowest BCUT2D eigenvalue weighted by Crippen LogP contribution is -2.46. The third kappa shape index (κ3) is 4.31. The Morgan fingerprint density at radius 1 is 1.27 bits per heavy atom. The highest BCUT2D eigenvalue weighted by atomic mass is 16.2. The topological polar surface area (TPSA) is 61.4 Å². The van der Waals surface area contributed by atoms with E-state index < -0.39 is 11.8 Å². The molecule has 0 bridgehead atoms. The van der Waals surface area contributed by atoms with Gasteiger partial charge in [-0.25, -0.2) is 0 Å². The van der Waals surface area contributed by atoms with E-state index in [0.29, 0.717) is 12.6 Å². The lowest BCUT2D eigenvalue weighted by Gasteiger charge is -2.23. The molecule has 1 aromatic carbocycles. The predicted molar refractivity (Wildman–Crippen MR) is 86.3 cm³/mol. The first-order chi connectivity index (χ1) is 10.6. The van der Waals surface area contributed by atoms with Crippen LogP contribution < -0.4 is 10.6 Å². The number of hydrogen-bond donors (Lipinski definition) is 2. The lowest BCUT2D eigenvalue weighted by molar-refractivity contribution is -0.139. The van der Waals surface area contributed by atoms with Gasteiger partial charge in [0.2, 0.25) is 0 Å². The zero-order chi connectivity index (χ0) is 15.9. The number of benzene rings is 1. The van der Waals surface area contributed by atoms with Crippen molar-refractivity contribution in [2.45, 2.75) is 38.8 Å². The Kier molecular flexibility index (Phi) is 5.95. The van der Waals surface area contributed by atoms with Crippen molar-refractivity contribution >= 4 is 11.8 Å². The quantitative estimate of drug-likeness (QED) is 0.810. The molecule has 2 rings (SSSR count). The molecule has 1 fully saturated rings. The van der Waals surface area contributed by atoms with Crippen LogP contribution in [-0.2, 0) is 9.59 Å². The third-order valence-electron chi connectivity index (χ3n) is 4.26. The summed E-state index contributed by atoms with van der Waals surface area (Å²) in [5.41, 5.74) is 0.983. The Morgan fingerprint density at radius 2 is 2.00 bits per heavy atom. The van der Waals surface area contributed by atoms with Gasteiger partial charge < -0.3 is 10.6 Å². The van der Waals surface area contributed by atoms with E-state index in [4.69, 9.17) is 0 Å². The molecule has 22 heavy (non-hydrogen) atoms. The summed E-state index contributed by atoms with van der Waals surface area (Å²) in [5, 5.41) is 5.48. The monoisotopic (exact) mass is 303 g/mol. The second kappa shape index (κ2) is 7.94. The van der Waals surface area contributed by atoms with E-state index in [2.05, 4.69) is 22.5 Å². The summed E-state index contributed by atoms with van der Waals surface area (Å²) in [6.45, 7) is 6.59. The first-order valence-electron chi connectivity index (χ1n) is 7.99. The molecule has 0 unspecified atom stereocenters. The summed E-state index contributed by atoms with van der Waals surface area (Å²) in [6.07, 6.45) is 2.24. The van der Waals surface area contributed by atoms with Gasteiger partial charge in [0.15, 0.2) is 0 Å². The number of likely N-dealkylation sites (N-methyl/N-ethyl adjacent to an activating group) is 1. The van der Waals surface area contributed by atoms with Gasteiger partial charge in [-0.3, -0.25) is 14.5 Å². The highest BCUT2D eigenvalue weighted by Gasteiger charge is 2.24. The van der Waals surface area contributed by atoms with Crippen LogP contribution in [0.15, 0.2) is 30.3 Å². The summed E-state index contributed by atoms with van der Waals surface area (Å²) < 4.78 is 0. The first kappa shape index (κ1) is 16.5. The minimum absolute atomic E-state index is 0.182. The van der Waals surface area contributed by atoms with Gasteiger partial charge in [0.1, 0.15) is 0 Å². The molecule has 5 heteroatoms. The minimum atomic E-state index is -0.572. The van der Waals surface area contributed by atoms with Crippen LogP contribution >= 0.6 is 0 Å². The predicted octanol–water partition coefficient (Wildman–Crippen LogP) is 1.46. The number of carbonyl (C=O) groups is 2. The molecule has 0 saturated carbocycles. The smallest absolute Gasteiger partial charge is 0.309 e. The van der Waals surface area contributed by atoms with Gasteiger partial charge in [-0.1, -0.05) is 37.3 Å². The summed E-state index contributed by atoms with van der Waals surface area (Å²) in [4.78, 5) is 26.2. The van der Waals surface area contributed by atoms with Gasteiger partial charge in [0.05, 0.1) is 6.04 Å². The molecule has 5 nitrogen and oxygen atoms in total. The fraction of sp³-hybridized carbons (Fsp3) is 0.529. The number of carbonyl (C=O) groups excluding carboxylic acids is 2. The molecule has 0 radical (unpaired) electrons. The van der Waals surface area contributed by atoms with E-state index in [9.17, 15) is 9.59 Å². The highest BCUT2D eigenvalue weighted by molar-refractivity contribution is 6.35. The van der Waals surface area contributed by atoms with Crippen LogP contribution in [0.1, 0.15) is 38.3 Å². The standard InChI is InChI=1S/C17H25N3O2/c1-3-20-11-7-10-15(20)12-18-16(21)17(22)19-13(2)14-8-5-4-6-9-14/h4-6,8-9,13,15H,3,7,10-12H2,1-2H3,(H,18,21)(H,19,22)/t13-,15+/m0/s1. The van der Waals surface area contributed by atoms with Crippen LogP contribution in [0.3, 0.4) is 0 Å². The Morgan fingerprint density at radius 3 is 2.68 bits per heavy atom. The molecule has 120 valence electrons. The molecule has 1 aromatic rings. The Labute approximate surface area is 132 Å². The van der Waals surface area contributed by atoms with Crippen molar-refractivity contribution in [3.05, 3.63) is 35.9 Å². The molecule has 2 amide bonds. The van der Waals surface area contributed by atoms with Gasteiger partial charge in [0.25, 0.3) is 0 Å². The lowest BCUT2D eigenvalue weighted by atomic mass is 10.1. The van der Waals surface area contributed by atoms with Gasteiger partial charge in [0, 0.05) is 12.6 Å². The number of nitrogens with one attached hydrogen (secondary N) is 2. The summed E-state index contributed by atoms with van der Waals surface area (Å²) >= 11 is 0. The Balaban J connectivity index is 1.78. The van der Waals surface area contributed by atoms with E-state index in [-0.39, 0.29) is 6.04 Å². The van der Waals surface area contributed by atoms with Gasteiger partial charge in [-0.05, 0) is 38.4 Å². The molecule has 2 atom stereocenters. The van der Waals surface area contributed by atoms with Crippen molar-refractivity contribution < 1.29 is 9.59 Å². The largest absolute Gasteiger partial charge is 0.346 e. The number of rotatable bonds is 5. The first-order valence-corrected chi connectivity index (χ1v) is 7.99. The Bertz CT molecular complexity index is 504. The molecule has 1 aliphatic rings. The van der Waals surface area contributed by atoms with Crippen molar-refractivity contribution in [1.82, 2.24) is 15.5 Å². The number of nitrogens with zero attached hydrogens (tertiary/aromatic N) is 1. The number of likely N-dealkylation sites (tertiary alicyclic amines) is 1. The SMILES string of the molecule is CCN1CCC[C@@H]1CNC(=O)C(=O)N[C@@H](C)c1ccccc1. The summed E-state index contributed by atoms with van der Waals surface area (Å²) in [6, 6.07) is 9.79. The normalized spacial score (nSPS) is 19.6. The summed E-state index contributed by atoms with van der Waals surface area (Å²) in [7, 11) is 0. The molecule has 1 heterocycles. The minimum Gasteiger partial charge on any atom is -0.346 e. The van der Waals surface area contributed by atoms with Crippen molar-refractivity contribution in [3.8, 4) is 0 Å². The van der Waals surface area contributed by atoms with Crippen LogP contribution in [0, 0.1) is 0 Å². The van der Waals surface area contributed by atoms with Crippen molar-refractivity contribution in [1.29, 1.82) is 0 Å². The van der Waals surface area contributed by atoms with Crippen LogP contribution in [0.5, 0.6) is 0 Å². The van der Waals surface area contributed by atoms with E-state index >= 15 is 0 Å². The molecule has 0 aromatic heterocycles. The van der Waals surface area contributed by atoms with Crippen LogP contribution in [0.4, 0.5) is 0 Å². The maximum Gasteiger partial charge on any atom is 0.309 e. The van der Waals surface area contributed by atoms with Crippen LogP contribution in [0.25, 0.3) is 0 Å². The maximum absolute atomic E-state index is 11.9. The fourth-order valence-corrected chi connectivity index (χ4v) is 2.92. The average Bonchev–Trinajstić information content (AvgIpc) is 3.00. The van der Waals surface area contributed by atoms with E-state index in [0.717, 1.165) is 31.5 Å². The van der Waals surface area contributed by atoms with Crippen LogP contribution in [-0.4, -0.2) is 42.4 Å². The number of amides is 2. The van der Waals surface area contributed by atoms with Crippen molar-refractivity contribution in [3.63, 3.8) is 0 Å². The highest BCUT2D eigenvalue weighted by Crippen LogP contribution is 2.15. The molecular weight excluding hydrogens is 278 g/mol.